The van der Waals surface area contributed by atoms with Gasteiger partial charge in [-0.25, -0.2) is 4.98 Å². The molecule has 0 saturated heterocycles. The molecule has 1 heterocycles. The number of carbonyl (C=O) groups is 1. The van der Waals surface area contributed by atoms with Crippen molar-refractivity contribution in [3.63, 3.8) is 0 Å². The van der Waals surface area contributed by atoms with Crippen LogP contribution in [0.15, 0.2) is 28.7 Å². The highest BCUT2D eigenvalue weighted by Crippen LogP contribution is 2.26. The van der Waals surface area contributed by atoms with Gasteiger partial charge in [-0.2, -0.15) is 5.10 Å². The van der Waals surface area contributed by atoms with E-state index in [2.05, 4.69) is 15.5 Å². The molecule has 0 atom stereocenters. The van der Waals surface area contributed by atoms with Crippen molar-refractivity contribution in [3.05, 3.63) is 34.8 Å². The number of hydrogen-bond acceptors (Lipinski definition) is 8. The molecule has 116 valence electrons. The Kier molecular flexibility index (Phi) is 5.31. The molecule has 0 radical (unpaired) electrons. The standard InChI is InChI=1S/C14H15N3O4S/c1-2-21-12(19)6-10-8-22-14(16-10)17-15-7-9-4-3-5-11(18)13(9)20/h3-5,7-8,18,20H,2,6H2,1H3,(H,16,17). The maximum Gasteiger partial charge on any atom is 0.311 e. The van der Waals surface area contributed by atoms with Crippen LogP contribution in [0.5, 0.6) is 11.5 Å². The average Bonchev–Trinajstić information content (AvgIpc) is 2.91. The minimum atomic E-state index is -0.326. The molecular weight excluding hydrogens is 306 g/mol. The number of rotatable bonds is 6. The number of thiazole rings is 1. The number of esters is 1. The lowest BCUT2D eigenvalue weighted by Gasteiger charge is -2.00. The second-order valence-corrected chi connectivity index (χ2v) is 5.07. The van der Waals surface area contributed by atoms with Gasteiger partial charge in [-0.1, -0.05) is 6.07 Å². The van der Waals surface area contributed by atoms with E-state index >= 15 is 0 Å². The highest BCUT2D eigenvalue weighted by atomic mass is 32.1. The number of anilines is 1. The lowest BCUT2D eigenvalue weighted by molar-refractivity contribution is -0.142. The lowest BCUT2D eigenvalue weighted by atomic mass is 10.2. The number of para-hydroxylation sites is 1. The van der Waals surface area contributed by atoms with Gasteiger partial charge in [0.05, 0.1) is 24.9 Å². The summed E-state index contributed by atoms with van der Waals surface area (Å²) in [6.45, 7) is 2.09. The maximum atomic E-state index is 11.3. The summed E-state index contributed by atoms with van der Waals surface area (Å²) >= 11 is 1.30. The van der Waals surface area contributed by atoms with Gasteiger partial charge in [0, 0.05) is 10.9 Å². The van der Waals surface area contributed by atoms with Crippen molar-refractivity contribution in [2.75, 3.05) is 12.0 Å². The van der Waals surface area contributed by atoms with E-state index in [1.165, 1.54) is 23.6 Å². The van der Waals surface area contributed by atoms with Gasteiger partial charge in [0.1, 0.15) is 0 Å². The number of benzene rings is 1. The molecule has 2 rings (SSSR count). The van der Waals surface area contributed by atoms with Crippen LogP contribution in [-0.2, 0) is 16.0 Å². The molecular formula is C14H15N3O4S. The first-order valence-corrected chi connectivity index (χ1v) is 7.38. The summed E-state index contributed by atoms with van der Waals surface area (Å²) in [5.74, 6) is -0.780. The molecule has 1 aromatic carbocycles. The highest BCUT2D eigenvalue weighted by molar-refractivity contribution is 7.13. The van der Waals surface area contributed by atoms with E-state index in [1.54, 1.807) is 24.4 Å². The number of nitrogens with zero attached hydrogens (tertiary/aromatic N) is 2. The molecule has 0 aliphatic carbocycles. The number of hydrazone groups is 1. The second kappa shape index (κ2) is 7.41. The Morgan fingerprint density at radius 1 is 1.50 bits per heavy atom. The summed E-state index contributed by atoms with van der Waals surface area (Å²) in [5, 5.41) is 25.2. The number of phenolic OH excluding ortho intramolecular Hbond substituents is 2. The smallest absolute Gasteiger partial charge is 0.311 e. The second-order valence-electron chi connectivity index (χ2n) is 4.21. The van der Waals surface area contributed by atoms with Crippen LogP contribution in [-0.4, -0.2) is 34.0 Å². The Hall–Kier alpha value is -2.61. The first-order valence-electron chi connectivity index (χ1n) is 6.50. The molecule has 0 unspecified atom stereocenters. The zero-order valence-electron chi connectivity index (χ0n) is 11.8. The molecule has 0 amide bonds. The minimum absolute atomic E-state index is 0.114. The Bertz CT molecular complexity index is 684. The molecule has 0 aliphatic rings. The topological polar surface area (TPSA) is 104 Å². The molecule has 8 heteroatoms. The van der Waals surface area contributed by atoms with Gasteiger partial charge in [0.25, 0.3) is 0 Å². The van der Waals surface area contributed by atoms with Crippen LogP contribution < -0.4 is 5.43 Å². The van der Waals surface area contributed by atoms with Crippen LogP contribution in [0.1, 0.15) is 18.2 Å². The third-order valence-corrected chi connectivity index (χ3v) is 3.39. The molecule has 0 spiro atoms. The van der Waals surface area contributed by atoms with E-state index < -0.39 is 0 Å². The van der Waals surface area contributed by atoms with E-state index in [1.807, 2.05) is 0 Å². The molecule has 3 N–H and O–H groups in total. The predicted octanol–water partition coefficient (Wildman–Crippen LogP) is 2.11. The number of nitrogens with one attached hydrogen (secondary N) is 1. The zero-order valence-corrected chi connectivity index (χ0v) is 12.6. The molecule has 0 saturated carbocycles. The van der Waals surface area contributed by atoms with Crippen molar-refractivity contribution < 1.29 is 19.7 Å². The van der Waals surface area contributed by atoms with Crippen molar-refractivity contribution in [2.24, 2.45) is 5.10 Å². The van der Waals surface area contributed by atoms with Crippen LogP contribution in [0.4, 0.5) is 5.13 Å². The van der Waals surface area contributed by atoms with Gasteiger partial charge >= 0.3 is 5.97 Å². The molecule has 0 aliphatic heterocycles. The van der Waals surface area contributed by atoms with E-state index in [0.29, 0.717) is 23.0 Å². The number of aromatic hydroxyl groups is 2. The van der Waals surface area contributed by atoms with Gasteiger partial charge in [-0.05, 0) is 19.1 Å². The van der Waals surface area contributed by atoms with Crippen molar-refractivity contribution >= 4 is 28.7 Å². The normalized spacial score (nSPS) is 10.8. The lowest BCUT2D eigenvalue weighted by Crippen LogP contribution is -2.07. The maximum absolute atomic E-state index is 11.3. The molecule has 0 fully saturated rings. The Morgan fingerprint density at radius 2 is 2.32 bits per heavy atom. The Balaban J connectivity index is 1.94. The summed E-state index contributed by atoms with van der Waals surface area (Å²) in [6.07, 6.45) is 1.48. The zero-order chi connectivity index (χ0) is 15.9. The minimum Gasteiger partial charge on any atom is -0.504 e. The van der Waals surface area contributed by atoms with E-state index in [-0.39, 0.29) is 23.9 Å². The van der Waals surface area contributed by atoms with E-state index in [0.717, 1.165) is 0 Å². The Labute approximate surface area is 130 Å². The summed E-state index contributed by atoms with van der Waals surface area (Å²) < 4.78 is 4.84. The van der Waals surface area contributed by atoms with Gasteiger partial charge < -0.3 is 14.9 Å². The Morgan fingerprint density at radius 3 is 3.09 bits per heavy atom. The van der Waals surface area contributed by atoms with E-state index in [4.69, 9.17) is 4.74 Å². The van der Waals surface area contributed by atoms with Crippen LogP contribution in [0, 0.1) is 0 Å². The summed E-state index contributed by atoms with van der Waals surface area (Å²) in [4.78, 5) is 15.5. The van der Waals surface area contributed by atoms with Gasteiger partial charge in [0.2, 0.25) is 5.13 Å². The van der Waals surface area contributed by atoms with Crippen molar-refractivity contribution in [3.8, 4) is 11.5 Å². The third-order valence-electron chi connectivity index (χ3n) is 2.59. The number of hydrogen-bond donors (Lipinski definition) is 3. The summed E-state index contributed by atoms with van der Waals surface area (Å²) in [5.41, 5.74) is 3.67. The number of ether oxygens (including phenoxy) is 1. The molecule has 2 aromatic rings. The van der Waals surface area contributed by atoms with Crippen LogP contribution in [0.2, 0.25) is 0 Å². The molecule has 0 bridgehead atoms. The highest BCUT2D eigenvalue weighted by Gasteiger charge is 2.08. The largest absolute Gasteiger partial charge is 0.504 e. The van der Waals surface area contributed by atoms with Crippen molar-refractivity contribution in [1.82, 2.24) is 4.98 Å². The van der Waals surface area contributed by atoms with E-state index in [9.17, 15) is 15.0 Å². The molecule has 7 nitrogen and oxygen atoms in total. The molecule has 22 heavy (non-hydrogen) atoms. The fraction of sp³-hybridized carbons (Fsp3) is 0.214. The van der Waals surface area contributed by atoms with Crippen molar-refractivity contribution in [1.29, 1.82) is 0 Å². The number of aromatic nitrogens is 1. The van der Waals surface area contributed by atoms with Gasteiger partial charge in [0.15, 0.2) is 11.5 Å². The SMILES string of the molecule is CCOC(=O)Cc1csc(NN=Cc2cccc(O)c2O)n1. The average molecular weight is 321 g/mol. The monoisotopic (exact) mass is 321 g/mol. The fourth-order valence-corrected chi connectivity index (χ4v) is 2.27. The predicted molar refractivity (Wildman–Crippen MR) is 83.4 cm³/mol. The number of carbonyl (C=O) groups excluding carboxylic acids is 1. The summed E-state index contributed by atoms with van der Waals surface area (Å²) in [6, 6.07) is 4.58. The first kappa shape index (κ1) is 15.8. The quantitative estimate of drug-likeness (QED) is 0.326. The van der Waals surface area contributed by atoms with Crippen LogP contribution in [0.3, 0.4) is 0 Å². The van der Waals surface area contributed by atoms with Gasteiger partial charge in [-0.3, -0.25) is 10.2 Å². The van der Waals surface area contributed by atoms with Crippen molar-refractivity contribution in [2.45, 2.75) is 13.3 Å². The fourth-order valence-electron chi connectivity index (χ4n) is 1.61. The summed E-state index contributed by atoms with van der Waals surface area (Å²) in [7, 11) is 0. The van der Waals surface area contributed by atoms with Gasteiger partial charge in [-0.15, -0.1) is 11.3 Å². The third kappa shape index (κ3) is 4.19. The van der Waals surface area contributed by atoms with Crippen LogP contribution in [0.25, 0.3) is 0 Å². The van der Waals surface area contributed by atoms with Crippen LogP contribution >= 0.6 is 11.3 Å². The molecule has 1 aromatic heterocycles. The number of phenols is 2. The first-order chi connectivity index (χ1) is 10.6.